The maximum atomic E-state index is 12.8. The predicted octanol–water partition coefficient (Wildman–Crippen LogP) is 2.08. The number of thiazole rings is 1. The number of phenols is 1. The molecule has 9 heteroatoms. The van der Waals surface area contributed by atoms with E-state index < -0.39 is 4.92 Å². The van der Waals surface area contributed by atoms with Crippen molar-refractivity contribution in [1.29, 1.82) is 0 Å². The summed E-state index contributed by atoms with van der Waals surface area (Å²) in [6.45, 7) is 0. The molecule has 0 saturated carbocycles. The molecule has 130 valence electrons. The van der Waals surface area contributed by atoms with Gasteiger partial charge in [-0.1, -0.05) is 23.5 Å². The van der Waals surface area contributed by atoms with Gasteiger partial charge in [0.05, 0.1) is 39.2 Å². The summed E-state index contributed by atoms with van der Waals surface area (Å²) in [5.41, 5.74) is 0.926. The molecule has 0 spiro atoms. The van der Waals surface area contributed by atoms with Gasteiger partial charge < -0.3 is 9.84 Å². The van der Waals surface area contributed by atoms with Crippen LogP contribution in [0.3, 0.4) is 0 Å². The van der Waals surface area contributed by atoms with Crippen LogP contribution in [-0.4, -0.2) is 26.5 Å². The first kappa shape index (κ1) is 16.0. The molecule has 2 aromatic carbocycles. The molecule has 0 amide bonds. The second-order valence-corrected chi connectivity index (χ2v) is 6.48. The van der Waals surface area contributed by atoms with Crippen LogP contribution in [0.15, 0.2) is 41.2 Å². The third-order valence-electron chi connectivity index (χ3n) is 3.96. The Hall–Kier alpha value is -3.46. The van der Waals surface area contributed by atoms with E-state index in [-0.39, 0.29) is 28.3 Å². The minimum absolute atomic E-state index is 0.0843. The summed E-state index contributed by atoms with van der Waals surface area (Å²) in [5.74, 6) is -0.258. The van der Waals surface area contributed by atoms with E-state index in [0.29, 0.717) is 20.5 Å². The van der Waals surface area contributed by atoms with Crippen molar-refractivity contribution in [1.82, 2.24) is 9.38 Å². The number of ether oxygens (including phenoxy) is 1. The summed E-state index contributed by atoms with van der Waals surface area (Å²) in [6, 6.07) is 9.58. The average Bonchev–Trinajstić information content (AvgIpc) is 3.12. The van der Waals surface area contributed by atoms with Gasteiger partial charge in [0.2, 0.25) is 0 Å². The third-order valence-corrected chi connectivity index (χ3v) is 4.93. The summed E-state index contributed by atoms with van der Waals surface area (Å²) in [4.78, 5) is 28.3. The van der Waals surface area contributed by atoms with Gasteiger partial charge in [0.25, 0.3) is 11.2 Å². The number of aromatic hydroxyl groups is 1. The molecule has 2 aromatic heterocycles. The van der Waals surface area contributed by atoms with Gasteiger partial charge in [0, 0.05) is 0 Å². The summed E-state index contributed by atoms with van der Waals surface area (Å²) in [6.07, 6.45) is 1.41. The number of hydrogen-bond donors (Lipinski definition) is 1. The summed E-state index contributed by atoms with van der Waals surface area (Å²) in [7, 11) is 1.34. The molecule has 8 nitrogen and oxygen atoms in total. The van der Waals surface area contributed by atoms with Crippen molar-refractivity contribution in [3.05, 3.63) is 67.0 Å². The Morgan fingerprint density at radius 2 is 2.12 bits per heavy atom. The number of rotatable bonds is 3. The number of methoxy groups -OCH3 is 1. The van der Waals surface area contributed by atoms with E-state index in [9.17, 15) is 20.0 Å². The number of nitro benzene ring substituents is 1. The summed E-state index contributed by atoms with van der Waals surface area (Å²) >= 11 is 1.14. The van der Waals surface area contributed by atoms with Crippen LogP contribution >= 0.6 is 11.3 Å². The van der Waals surface area contributed by atoms with Gasteiger partial charge in [-0.05, 0) is 24.3 Å². The Kier molecular flexibility index (Phi) is 3.58. The Morgan fingerprint density at radius 1 is 1.35 bits per heavy atom. The Balaban J connectivity index is 2.01. The van der Waals surface area contributed by atoms with Crippen LogP contribution in [0.25, 0.3) is 22.1 Å². The number of phenolic OH excluding ortho intramolecular Hbond substituents is 1. The lowest BCUT2D eigenvalue weighted by atomic mass is 10.1. The molecule has 1 N–H and O–H groups in total. The van der Waals surface area contributed by atoms with Crippen molar-refractivity contribution < 1.29 is 14.8 Å². The monoisotopic (exact) mass is 369 g/mol. The van der Waals surface area contributed by atoms with Gasteiger partial charge in [-0.3, -0.25) is 14.9 Å². The number of para-hydroxylation sites is 2. The second kappa shape index (κ2) is 5.81. The fourth-order valence-electron chi connectivity index (χ4n) is 2.76. The fourth-order valence-corrected chi connectivity index (χ4v) is 3.74. The lowest BCUT2D eigenvalue weighted by molar-refractivity contribution is -0.385. The van der Waals surface area contributed by atoms with Gasteiger partial charge in [-0.2, -0.15) is 0 Å². The Morgan fingerprint density at radius 3 is 2.85 bits per heavy atom. The molecular weight excluding hydrogens is 358 g/mol. The zero-order valence-corrected chi connectivity index (χ0v) is 14.2. The van der Waals surface area contributed by atoms with Crippen LogP contribution in [0.1, 0.15) is 5.56 Å². The van der Waals surface area contributed by atoms with E-state index in [0.717, 1.165) is 17.4 Å². The van der Waals surface area contributed by atoms with E-state index in [2.05, 4.69) is 4.98 Å². The van der Waals surface area contributed by atoms with Crippen LogP contribution in [0.4, 0.5) is 5.69 Å². The van der Waals surface area contributed by atoms with Crippen LogP contribution in [0, 0.1) is 10.1 Å². The summed E-state index contributed by atoms with van der Waals surface area (Å²) in [5, 5.41) is 21.1. The highest BCUT2D eigenvalue weighted by Gasteiger charge is 2.18. The number of imidazole rings is 1. The first-order valence-electron chi connectivity index (χ1n) is 7.46. The topological polar surface area (TPSA) is 107 Å². The van der Waals surface area contributed by atoms with Crippen molar-refractivity contribution in [3.8, 4) is 11.5 Å². The van der Waals surface area contributed by atoms with Crippen molar-refractivity contribution in [2.24, 2.45) is 0 Å². The van der Waals surface area contributed by atoms with Crippen LogP contribution in [0.5, 0.6) is 11.5 Å². The van der Waals surface area contributed by atoms with Gasteiger partial charge in [0.1, 0.15) is 0 Å². The molecule has 4 aromatic rings. The van der Waals surface area contributed by atoms with Crippen LogP contribution in [0.2, 0.25) is 0 Å². The zero-order chi connectivity index (χ0) is 18.4. The summed E-state index contributed by atoms with van der Waals surface area (Å²) < 4.78 is 6.79. The van der Waals surface area contributed by atoms with E-state index in [1.807, 2.05) is 18.2 Å². The van der Waals surface area contributed by atoms with Crippen LogP contribution < -0.4 is 14.8 Å². The predicted molar refractivity (Wildman–Crippen MR) is 96.9 cm³/mol. The highest BCUT2D eigenvalue weighted by molar-refractivity contribution is 7.15. The highest BCUT2D eigenvalue weighted by Crippen LogP contribution is 2.34. The lowest BCUT2D eigenvalue weighted by Gasteiger charge is -2.04. The molecule has 2 heterocycles. The number of aromatic nitrogens is 2. The molecule has 0 atom stereocenters. The third kappa shape index (κ3) is 2.37. The van der Waals surface area contributed by atoms with Crippen molar-refractivity contribution in [2.75, 3.05) is 7.11 Å². The molecule has 0 aliphatic rings. The normalized spacial score (nSPS) is 12.1. The molecule has 0 bridgehead atoms. The Bertz CT molecular complexity index is 1290. The smallest absolute Gasteiger partial charge is 0.280 e. The van der Waals surface area contributed by atoms with E-state index >= 15 is 0 Å². The molecule has 0 unspecified atom stereocenters. The Labute approximate surface area is 149 Å². The number of benzene rings is 2. The van der Waals surface area contributed by atoms with Gasteiger partial charge >= 0.3 is 0 Å². The SMILES string of the molecule is COc1cc(/C=c2\sc3nc4ccccc4n3c2=O)c([N+](=O)[O-])cc1O. The second-order valence-electron chi connectivity index (χ2n) is 5.47. The largest absolute Gasteiger partial charge is 0.504 e. The molecule has 0 aliphatic carbocycles. The van der Waals surface area contributed by atoms with Crippen molar-refractivity contribution in [2.45, 2.75) is 0 Å². The quantitative estimate of drug-likeness (QED) is 0.438. The highest BCUT2D eigenvalue weighted by atomic mass is 32.1. The van der Waals surface area contributed by atoms with E-state index in [4.69, 9.17) is 4.74 Å². The maximum Gasteiger partial charge on any atom is 0.280 e. The molecule has 0 saturated heterocycles. The molecule has 0 fully saturated rings. The number of hydrogen-bond acceptors (Lipinski definition) is 7. The van der Waals surface area contributed by atoms with E-state index in [1.165, 1.54) is 23.7 Å². The fraction of sp³-hybridized carbons (Fsp3) is 0.0588. The minimum atomic E-state index is -0.621. The average molecular weight is 369 g/mol. The molecule has 26 heavy (non-hydrogen) atoms. The number of nitro groups is 1. The van der Waals surface area contributed by atoms with Crippen molar-refractivity contribution >= 4 is 39.1 Å². The molecule has 4 rings (SSSR count). The number of fused-ring (bicyclic) bond motifs is 3. The van der Waals surface area contributed by atoms with Gasteiger partial charge in [-0.15, -0.1) is 0 Å². The maximum absolute atomic E-state index is 12.8. The molecular formula is C17H11N3O5S. The number of nitrogens with zero attached hydrogens (tertiary/aromatic N) is 3. The lowest BCUT2D eigenvalue weighted by Crippen LogP contribution is -2.22. The minimum Gasteiger partial charge on any atom is -0.504 e. The molecule has 0 radical (unpaired) electrons. The first-order valence-corrected chi connectivity index (χ1v) is 8.28. The standard InChI is InChI=1S/C17H11N3O5S/c1-25-14-6-9(12(20(23)24)8-13(14)21)7-15-16(22)19-11-5-3-2-4-10(11)18-17(19)26-15/h2-8,21H,1H3/b15-7-. The zero-order valence-electron chi connectivity index (χ0n) is 13.4. The van der Waals surface area contributed by atoms with Gasteiger partial charge in [0.15, 0.2) is 16.5 Å². The van der Waals surface area contributed by atoms with Crippen molar-refractivity contribution in [3.63, 3.8) is 0 Å². The van der Waals surface area contributed by atoms with Crippen LogP contribution in [-0.2, 0) is 0 Å². The molecule has 0 aliphatic heterocycles. The first-order chi connectivity index (χ1) is 12.5. The van der Waals surface area contributed by atoms with E-state index in [1.54, 1.807) is 6.07 Å². The van der Waals surface area contributed by atoms with Gasteiger partial charge in [-0.25, -0.2) is 9.38 Å².